The van der Waals surface area contributed by atoms with E-state index in [1.807, 2.05) is 0 Å². The Morgan fingerprint density at radius 1 is 1.54 bits per heavy atom. The minimum Gasteiger partial charge on any atom is -0.616 e. The van der Waals surface area contributed by atoms with Gasteiger partial charge in [0.05, 0.1) is 12.2 Å². The Labute approximate surface area is 144 Å². The highest BCUT2D eigenvalue weighted by Gasteiger charge is 2.37. The van der Waals surface area contributed by atoms with Crippen molar-refractivity contribution in [3.8, 4) is 5.75 Å². The van der Waals surface area contributed by atoms with Crippen LogP contribution < -0.4 is 9.97 Å². The molecule has 2 atom stereocenters. The zero-order valence-corrected chi connectivity index (χ0v) is 14.4. The lowest BCUT2D eigenvalue weighted by atomic mass is 9.72. The minimum atomic E-state index is -1.25. The molecular formula is C15H20BNO6S. The van der Waals surface area contributed by atoms with Gasteiger partial charge in [-0.1, -0.05) is 30.2 Å². The monoisotopic (exact) mass is 353 g/mol. The Bertz CT molecular complexity index is 612. The molecule has 0 aromatic heterocycles. The van der Waals surface area contributed by atoms with Crippen LogP contribution >= 0.6 is 0 Å². The molecule has 0 saturated heterocycles. The fourth-order valence-corrected chi connectivity index (χ4v) is 2.66. The van der Waals surface area contributed by atoms with Crippen LogP contribution in [0, 0.1) is 0 Å². The Morgan fingerprint density at radius 2 is 2.29 bits per heavy atom. The molecule has 1 heterocycles. The van der Waals surface area contributed by atoms with Gasteiger partial charge in [-0.15, -0.1) is 0 Å². The Kier molecular flexibility index (Phi) is 6.53. The molecule has 1 unspecified atom stereocenters. The molecule has 0 spiro atoms. The van der Waals surface area contributed by atoms with Crippen LogP contribution in [0.4, 0.5) is 0 Å². The number of fused-ring (bicyclic) bond motifs is 1. The summed E-state index contributed by atoms with van der Waals surface area (Å²) in [7, 11) is -1.25. The van der Waals surface area contributed by atoms with E-state index in [9.17, 15) is 19.2 Å². The van der Waals surface area contributed by atoms with Gasteiger partial charge >= 0.3 is 13.1 Å². The zero-order chi connectivity index (χ0) is 17.7. The van der Waals surface area contributed by atoms with E-state index in [1.54, 1.807) is 25.1 Å². The molecule has 7 nitrogen and oxygen atoms in total. The first-order chi connectivity index (χ1) is 11.4. The first-order valence-corrected chi connectivity index (χ1v) is 9.38. The van der Waals surface area contributed by atoms with E-state index in [1.165, 1.54) is 6.26 Å². The van der Waals surface area contributed by atoms with Crippen molar-refractivity contribution in [1.82, 2.24) is 5.32 Å². The quantitative estimate of drug-likeness (QED) is 0.426. The van der Waals surface area contributed by atoms with Crippen molar-refractivity contribution in [3.05, 3.63) is 29.3 Å². The lowest BCUT2D eigenvalue weighted by Gasteiger charge is -2.29. The molecule has 1 aliphatic heterocycles. The number of esters is 1. The van der Waals surface area contributed by atoms with Gasteiger partial charge in [-0.3, -0.25) is 4.79 Å². The van der Waals surface area contributed by atoms with Gasteiger partial charge in [0.1, 0.15) is 23.7 Å². The van der Waals surface area contributed by atoms with Gasteiger partial charge in [-0.25, -0.2) is 4.79 Å². The standard InChI is InChI=1S/C15H20BNO6S/c1-3-13(18)17-12-9-10-5-4-6-11(14(10)23-16(12)20)15(19)22-7-8-24(2)21/h4-6,12,20H,3,7-9H2,1-2H3,(H,17,18)/t12-,24?/m0/s1. The van der Waals surface area contributed by atoms with Crippen molar-refractivity contribution >= 4 is 30.2 Å². The highest BCUT2D eigenvalue weighted by atomic mass is 32.2. The van der Waals surface area contributed by atoms with E-state index in [-0.39, 0.29) is 29.6 Å². The molecule has 1 aliphatic rings. The number of carbonyl (C=O) groups is 2. The second kappa shape index (κ2) is 8.41. The number of para-hydroxylation sites is 1. The molecule has 24 heavy (non-hydrogen) atoms. The van der Waals surface area contributed by atoms with Crippen LogP contribution in [-0.2, 0) is 27.1 Å². The molecule has 9 heteroatoms. The predicted molar refractivity (Wildman–Crippen MR) is 90.2 cm³/mol. The first kappa shape index (κ1) is 18.6. The molecule has 1 amide bonds. The van der Waals surface area contributed by atoms with Crippen molar-refractivity contribution in [2.45, 2.75) is 25.7 Å². The van der Waals surface area contributed by atoms with E-state index in [0.29, 0.717) is 18.4 Å². The molecule has 0 aliphatic carbocycles. The highest BCUT2D eigenvalue weighted by Crippen LogP contribution is 2.30. The number of ether oxygens (including phenoxy) is 1. The van der Waals surface area contributed by atoms with Crippen LogP contribution in [0.1, 0.15) is 29.3 Å². The maximum absolute atomic E-state index is 12.2. The van der Waals surface area contributed by atoms with Crippen molar-refractivity contribution in [2.75, 3.05) is 18.6 Å². The summed E-state index contributed by atoms with van der Waals surface area (Å²) in [6.45, 7) is 1.76. The number of hydrogen-bond donors (Lipinski definition) is 2. The van der Waals surface area contributed by atoms with Gasteiger partial charge in [-0.05, 0) is 18.1 Å². The summed E-state index contributed by atoms with van der Waals surface area (Å²) < 4.78 is 21.5. The molecule has 0 bridgehead atoms. The second-order valence-corrected chi connectivity index (χ2v) is 7.00. The summed E-state index contributed by atoms with van der Waals surface area (Å²) in [5, 5.41) is 12.8. The minimum absolute atomic E-state index is 0.0450. The summed E-state index contributed by atoms with van der Waals surface area (Å²) in [4.78, 5) is 23.7. The molecule has 130 valence electrons. The molecule has 0 fully saturated rings. The van der Waals surface area contributed by atoms with Crippen LogP contribution in [0.15, 0.2) is 18.2 Å². The molecule has 0 radical (unpaired) electrons. The molecule has 2 rings (SSSR count). The largest absolute Gasteiger partial charge is 0.616 e. The highest BCUT2D eigenvalue weighted by molar-refractivity contribution is 7.90. The lowest BCUT2D eigenvalue weighted by molar-refractivity contribution is -0.121. The topological polar surface area (TPSA) is 108 Å². The van der Waals surface area contributed by atoms with Gasteiger partial charge in [-0.2, -0.15) is 0 Å². The maximum Gasteiger partial charge on any atom is 0.547 e. The third-order valence-electron chi connectivity index (χ3n) is 3.61. The summed E-state index contributed by atoms with van der Waals surface area (Å²) >= 11 is -1.05. The van der Waals surface area contributed by atoms with Gasteiger partial charge in [0.25, 0.3) is 0 Å². The van der Waals surface area contributed by atoms with Crippen LogP contribution in [0.2, 0.25) is 0 Å². The normalized spacial score (nSPS) is 17.5. The van der Waals surface area contributed by atoms with Crippen LogP contribution in [0.25, 0.3) is 0 Å². The van der Waals surface area contributed by atoms with Gasteiger partial charge in [0, 0.05) is 6.42 Å². The van der Waals surface area contributed by atoms with E-state index >= 15 is 0 Å². The van der Waals surface area contributed by atoms with Crippen LogP contribution in [0.5, 0.6) is 5.75 Å². The average Bonchev–Trinajstić information content (AvgIpc) is 2.54. The van der Waals surface area contributed by atoms with Gasteiger partial charge in [0.2, 0.25) is 5.91 Å². The molecular weight excluding hydrogens is 333 g/mol. The number of carbonyl (C=O) groups excluding carboxylic acids is 2. The first-order valence-electron chi connectivity index (χ1n) is 7.65. The molecule has 1 aromatic rings. The van der Waals surface area contributed by atoms with Gasteiger partial charge in [0.15, 0.2) is 0 Å². The van der Waals surface area contributed by atoms with Gasteiger partial charge < -0.3 is 24.3 Å². The summed E-state index contributed by atoms with van der Waals surface area (Å²) in [6.07, 6.45) is 2.19. The number of rotatable bonds is 6. The summed E-state index contributed by atoms with van der Waals surface area (Å²) in [5.74, 6) is -0.835. The molecule has 2 N–H and O–H groups in total. The number of benzene rings is 1. The molecule has 1 aromatic carbocycles. The van der Waals surface area contributed by atoms with E-state index < -0.39 is 30.2 Å². The fraction of sp³-hybridized carbons (Fsp3) is 0.467. The Morgan fingerprint density at radius 3 is 2.96 bits per heavy atom. The van der Waals surface area contributed by atoms with Crippen molar-refractivity contribution < 1.29 is 28.6 Å². The number of nitrogens with one attached hydrogen (secondary N) is 1. The lowest BCUT2D eigenvalue weighted by Crippen LogP contribution is -2.53. The van der Waals surface area contributed by atoms with E-state index in [2.05, 4.69) is 5.32 Å². The second-order valence-electron chi connectivity index (χ2n) is 5.45. The summed E-state index contributed by atoms with van der Waals surface area (Å²) in [6, 6.07) is 5.00. The average molecular weight is 353 g/mol. The SMILES string of the molecule is CCC(=O)N[C@H]1Cc2cccc(C(=O)OCC[S+](C)[O-])c2OB1O. The van der Waals surface area contributed by atoms with E-state index in [4.69, 9.17) is 9.39 Å². The van der Waals surface area contributed by atoms with Crippen molar-refractivity contribution in [2.24, 2.45) is 0 Å². The maximum atomic E-state index is 12.2. The van der Waals surface area contributed by atoms with Crippen molar-refractivity contribution in [1.29, 1.82) is 0 Å². The third kappa shape index (κ3) is 4.65. The Hall–Kier alpha value is -1.71. The number of hydrogen-bond acceptors (Lipinski definition) is 6. The molecule has 0 saturated carbocycles. The fourth-order valence-electron chi connectivity index (χ4n) is 2.35. The predicted octanol–water partition coefficient (Wildman–Crippen LogP) is 0.0713. The zero-order valence-electron chi connectivity index (χ0n) is 13.6. The Balaban J connectivity index is 2.11. The third-order valence-corrected chi connectivity index (χ3v) is 4.35. The van der Waals surface area contributed by atoms with Crippen LogP contribution in [-0.4, -0.2) is 53.1 Å². The number of amides is 1. The summed E-state index contributed by atoms with van der Waals surface area (Å²) in [5.41, 5.74) is 0.906. The van der Waals surface area contributed by atoms with Crippen molar-refractivity contribution in [3.63, 3.8) is 0 Å². The van der Waals surface area contributed by atoms with E-state index in [0.717, 1.165) is 0 Å². The smallest absolute Gasteiger partial charge is 0.547 e. The van der Waals surface area contributed by atoms with Crippen LogP contribution in [0.3, 0.4) is 0 Å².